The second-order valence-corrected chi connectivity index (χ2v) is 5.92. The van der Waals surface area contributed by atoms with Crippen molar-refractivity contribution in [1.29, 1.82) is 0 Å². The number of nitrogens with zero attached hydrogens (tertiary/aromatic N) is 2. The smallest absolute Gasteiger partial charge is 0.262 e. The lowest BCUT2D eigenvalue weighted by atomic mass is 10.1. The molecule has 0 bridgehead atoms. The van der Waals surface area contributed by atoms with Crippen LogP contribution in [0.5, 0.6) is 0 Å². The van der Waals surface area contributed by atoms with E-state index in [0.717, 1.165) is 16.0 Å². The number of rotatable bonds is 4. The van der Waals surface area contributed by atoms with E-state index in [2.05, 4.69) is 0 Å². The van der Waals surface area contributed by atoms with Gasteiger partial charge in [0.2, 0.25) is 5.91 Å². The normalized spacial score (nSPS) is 13.2. The summed E-state index contributed by atoms with van der Waals surface area (Å²) in [6, 6.07) is 14.4. The van der Waals surface area contributed by atoms with Crippen molar-refractivity contribution in [2.75, 3.05) is 13.6 Å². The van der Waals surface area contributed by atoms with Crippen molar-refractivity contribution < 1.29 is 14.4 Å². The zero-order chi connectivity index (χ0) is 17.3. The highest BCUT2D eigenvalue weighted by Crippen LogP contribution is 2.22. The molecule has 5 heteroatoms. The molecule has 122 valence electrons. The molecular formula is C19H18N2O3. The molecule has 24 heavy (non-hydrogen) atoms. The van der Waals surface area contributed by atoms with Gasteiger partial charge in [0.1, 0.15) is 6.54 Å². The Morgan fingerprint density at radius 3 is 2.08 bits per heavy atom. The summed E-state index contributed by atoms with van der Waals surface area (Å²) in [4.78, 5) is 39.6. The second kappa shape index (κ2) is 6.28. The van der Waals surface area contributed by atoms with Crippen molar-refractivity contribution in [3.05, 3.63) is 70.8 Å². The summed E-state index contributed by atoms with van der Waals surface area (Å²) in [5.41, 5.74) is 2.85. The number of imide groups is 1. The van der Waals surface area contributed by atoms with Gasteiger partial charge in [-0.2, -0.15) is 0 Å². The predicted molar refractivity (Wildman–Crippen MR) is 89.5 cm³/mol. The molecule has 0 aliphatic carbocycles. The van der Waals surface area contributed by atoms with Crippen molar-refractivity contribution in [2.24, 2.45) is 0 Å². The highest BCUT2D eigenvalue weighted by Gasteiger charge is 2.36. The largest absolute Gasteiger partial charge is 0.340 e. The van der Waals surface area contributed by atoms with Crippen LogP contribution >= 0.6 is 0 Å². The lowest BCUT2D eigenvalue weighted by Gasteiger charge is -2.21. The van der Waals surface area contributed by atoms with E-state index in [1.165, 1.54) is 4.90 Å². The minimum absolute atomic E-state index is 0.241. The molecule has 0 atom stereocenters. The molecule has 3 rings (SSSR count). The fraction of sp³-hybridized carbons (Fsp3) is 0.211. The van der Waals surface area contributed by atoms with Gasteiger partial charge in [-0.25, -0.2) is 0 Å². The summed E-state index contributed by atoms with van der Waals surface area (Å²) in [5.74, 6) is -1.09. The molecule has 2 aromatic carbocycles. The number of fused-ring (bicyclic) bond motifs is 1. The zero-order valence-electron chi connectivity index (χ0n) is 13.7. The number of aryl methyl sites for hydroxylation is 1. The van der Waals surface area contributed by atoms with Gasteiger partial charge in [0, 0.05) is 13.6 Å². The highest BCUT2D eigenvalue weighted by atomic mass is 16.2. The topological polar surface area (TPSA) is 57.7 Å². The van der Waals surface area contributed by atoms with E-state index in [9.17, 15) is 14.4 Å². The van der Waals surface area contributed by atoms with Crippen LogP contribution in [0.2, 0.25) is 0 Å². The average molecular weight is 322 g/mol. The van der Waals surface area contributed by atoms with E-state index in [0.29, 0.717) is 17.7 Å². The summed E-state index contributed by atoms with van der Waals surface area (Å²) in [6.07, 6.45) is 0. The van der Waals surface area contributed by atoms with E-state index in [-0.39, 0.29) is 12.5 Å². The number of likely N-dealkylation sites (N-methyl/N-ethyl adjacent to an activating group) is 1. The van der Waals surface area contributed by atoms with E-state index in [1.54, 1.807) is 31.3 Å². The standard InChI is InChI=1S/C19H18N2O3/c1-13-7-3-4-8-14(13)11-20(2)17(22)12-21-18(23)15-9-5-6-10-16(15)19(21)24/h3-10H,11-12H2,1-2H3. The maximum absolute atomic E-state index is 12.4. The Morgan fingerprint density at radius 1 is 0.958 bits per heavy atom. The molecule has 0 N–H and O–H groups in total. The van der Waals surface area contributed by atoms with Gasteiger partial charge in [-0.3, -0.25) is 19.3 Å². The van der Waals surface area contributed by atoms with Crippen LogP contribution in [0.1, 0.15) is 31.8 Å². The highest BCUT2D eigenvalue weighted by molar-refractivity contribution is 6.22. The Morgan fingerprint density at radius 2 is 1.50 bits per heavy atom. The van der Waals surface area contributed by atoms with Gasteiger partial charge >= 0.3 is 0 Å². The van der Waals surface area contributed by atoms with Crippen LogP contribution in [0.4, 0.5) is 0 Å². The van der Waals surface area contributed by atoms with Crippen molar-refractivity contribution in [3.8, 4) is 0 Å². The Bertz CT molecular complexity index is 794. The Balaban J connectivity index is 1.70. The summed E-state index contributed by atoms with van der Waals surface area (Å²) in [7, 11) is 1.67. The third-order valence-corrected chi connectivity index (χ3v) is 4.27. The maximum Gasteiger partial charge on any atom is 0.262 e. The van der Waals surface area contributed by atoms with Crippen LogP contribution in [-0.2, 0) is 11.3 Å². The van der Waals surface area contributed by atoms with Crippen LogP contribution in [0.15, 0.2) is 48.5 Å². The van der Waals surface area contributed by atoms with Crippen molar-refractivity contribution in [3.63, 3.8) is 0 Å². The number of carbonyl (C=O) groups is 3. The number of benzene rings is 2. The lowest BCUT2D eigenvalue weighted by Crippen LogP contribution is -2.41. The zero-order valence-corrected chi connectivity index (χ0v) is 13.7. The van der Waals surface area contributed by atoms with Gasteiger partial charge in [-0.05, 0) is 30.2 Å². The minimum atomic E-state index is -0.409. The quantitative estimate of drug-likeness (QED) is 0.811. The third kappa shape index (κ3) is 2.80. The Kier molecular flexibility index (Phi) is 4.16. The molecule has 0 spiro atoms. The van der Waals surface area contributed by atoms with Gasteiger partial charge in [0.25, 0.3) is 11.8 Å². The predicted octanol–water partition coefficient (Wildman–Crippen LogP) is 2.25. The van der Waals surface area contributed by atoms with Crippen LogP contribution in [0.25, 0.3) is 0 Å². The summed E-state index contributed by atoms with van der Waals surface area (Å²) in [5, 5.41) is 0. The average Bonchev–Trinajstić information content (AvgIpc) is 2.82. The SMILES string of the molecule is Cc1ccccc1CN(C)C(=O)CN1C(=O)c2ccccc2C1=O. The lowest BCUT2D eigenvalue weighted by molar-refractivity contribution is -0.130. The van der Waals surface area contributed by atoms with Gasteiger partial charge in [0.05, 0.1) is 11.1 Å². The molecule has 0 saturated carbocycles. The number of carbonyl (C=O) groups excluding carboxylic acids is 3. The number of amides is 3. The fourth-order valence-corrected chi connectivity index (χ4v) is 2.77. The van der Waals surface area contributed by atoms with Crippen LogP contribution in [0, 0.1) is 6.92 Å². The van der Waals surface area contributed by atoms with Crippen LogP contribution < -0.4 is 0 Å². The Hall–Kier alpha value is -2.95. The molecule has 3 amide bonds. The molecule has 1 heterocycles. The van der Waals surface area contributed by atoms with Crippen LogP contribution in [-0.4, -0.2) is 41.1 Å². The second-order valence-electron chi connectivity index (χ2n) is 5.92. The van der Waals surface area contributed by atoms with E-state index >= 15 is 0 Å². The first kappa shape index (κ1) is 15.9. The monoisotopic (exact) mass is 322 g/mol. The minimum Gasteiger partial charge on any atom is -0.340 e. The summed E-state index contributed by atoms with van der Waals surface area (Å²) >= 11 is 0. The van der Waals surface area contributed by atoms with Crippen molar-refractivity contribution in [1.82, 2.24) is 9.80 Å². The van der Waals surface area contributed by atoms with E-state index in [1.807, 2.05) is 31.2 Å². The van der Waals surface area contributed by atoms with E-state index < -0.39 is 11.8 Å². The summed E-state index contributed by atoms with van der Waals surface area (Å²) in [6.45, 7) is 2.18. The molecule has 0 fully saturated rings. The van der Waals surface area contributed by atoms with Crippen LogP contribution in [0.3, 0.4) is 0 Å². The van der Waals surface area contributed by atoms with Gasteiger partial charge in [0.15, 0.2) is 0 Å². The first-order chi connectivity index (χ1) is 11.5. The first-order valence-electron chi connectivity index (χ1n) is 7.72. The van der Waals surface area contributed by atoms with Crippen molar-refractivity contribution >= 4 is 17.7 Å². The molecule has 1 aliphatic heterocycles. The number of hydrogen-bond donors (Lipinski definition) is 0. The molecule has 0 aromatic heterocycles. The fourth-order valence-electron chi connectivity index (χ4n) is 2.77. The molecule has 0 saturated heterocycles. The summed E-state index contributed by atoms with van der Waals surface area (Å²) < 4.78 is 0. The molecule has 2 aromatic rings. The van der Waals surface area contributed by atoms with Gasteiger partial charge < -0.3 is 4.90 Å². The molecular weight excluding hydrogens is 304 g/mol. The van der Waals surface area contributed by atoms with Gasteiger partial charge in [-0.1, -0.05) is 36.4 Å². The van der Waals surface area contributed by atoms with Gasteiger partial charge in [-0.15, -0.1) is 0 Å². The molecule has 0 unspecified atom stereocenters. The molecule has 5 nitrogen and oxygen atoms in total. The third-order valence-electron chi connectivity index (χ3n) is 4.27. The molecule has 0 radical (unpaired) electrons. The first-order valence-corrected chi connectivity index (χ1v) is 7.72. The van der Waals surface area contributed by atoms with Crippen molar-refractivity contribution in [2.45, 2.75) is 13.5 Å². The maximum atomic E-state index is 12.4. The number of hydrogen-bond acceptors (Lipinski definition) is 3. The van der Waals surface area contributed by atoms with E-state index in [4.69, 9.17) is 0 Å². The molecule has 1 aliphatic rings. The Labute approximate surface area is 140 Å².